The average Bonchev–Trinajstić information content (AvgIpc) is 3.37. The fourth-order valence-electron chi connectivity index (χ4n) is 3.45. The van der Waals surface area contributed by atoms with Gasteiger partial charge in [-0.15, -0.1) is 11.3 Å². The second kappa shape index (κ2) is 7.96. The largest absolute Gasteiger partial charge is 0.376 e. The normalized spacial score (nSPS) is 21.1. The minimum Gasteiger partial charge on any atom is -0.376 e. The van der Waals surface area contributed by atoms with Crippen LogP contribution in [0.1, 0.15) is 46.1 Å². The van der Waals surface area contributed by atoms with Crippen molar-refractivity contribution in [3.8, 4) is 0 Å². The number of amides is 2. The Morgan fingerprint density at radius 1 is 1.26 bits per heavy atom. The molecule has 27 heavy (non-hydrogen) atoms. The highest BCUT2D eigenvalue weighted by atomic mass is 35.5. The first kappa shape index (κ1) is 18.4. The molecule has 1 aromatic carbocycles. The van der Waals surface area contributed by atoms with Crippen LogP contribution in [0.2, 0.25) is 5.02 Å². The number of hydrogen-bond acceptors (Lipinski definition) is 5. The predicted molar refractivity (Wildman–Crippen MR) is 105 cm³/mol. The fourth-order valence-corrected chi connectivity index (χ4v) is 4.61. The Bertz CT molecular complexity index is 846. The van der Waals surface area contributed by atoms with Crippen LogP contribution in [0.15, 0.2) is 24.3 Å². The van der Waals surface area contributed by atoms with Crippen LogP contribution in [0.25, 0.3) is 0 Å². The van der Waals surface area contributed by atoms with Crippen LogP contribution in [-0.2, 0) is 16.0 Å². The van der Waals surface area contributed by atoms with Gasteiger partial charge in [-0.1, -0.05) is 11.6 Å². The zero-order valence-electron chi connectivity index (χ0n) is 14.7. The molecule has 1 fully saturated rings. The zero-order chi connectivity index (χ0) is 18.8. The smallest absolute Gasteiger partial charge is 0.257 e. The number of thiazole rings is 1. The highest BCUT2D eigenvalue weighted by molar-refractivity contribution is 7.16. The Morgan fingerprint density at radius 3 is 2.81 bits per heavy atom. The summed E-state index contributed by atoms with van der Waals surface area (Å²) in [6.07, 6.45) is 3.74. The van der Waals surface area contributed by atoms with E-state index < -0.39 is 0 Å². The summed E-state index contributed by atoms with van der Waals surface area (Å²) in [6.45, 7) is 1.33. The molecule has 2 aromatic rings. The van der Waals surface area contributed by atoms with Crippen LogP contribution in [-0.4, -0.2) is 36.1 Å². The summed E-state index contributed by atoms with van der Waals surface area (Å²) in [5.74, 6) is -0.498. The Hall–Kier alpha value is -1.96. The molecule has 1 aliphatic heterocycles. The van der Waals surface area contributed by atoms with Crippen molar-refractivity contribution >= 4 is 39.9 Å². The Kier molecular flexibility index (Phi) is 5.43. The molecule has 1 aromatic heterocycles. The number of nitrogens with one attached hydrogen (secondary N) is 2. The fraction of sp³-hybridized carbons (Fsp3) is 0.421. The van der Waals surface area contributed by atoms with Gasteiger partial charge in [-0.2, -0.15) is 0 Å². The third-order valence-electron chi connectivity index (χ3n) is 4.89. The van der Waals surface area contributed by atoms with Crippen molar-refractivity contribution in [1.29, 1.82) is 0 Å². The number of anilines is 1. The molecule has 4 rings (SSSR count). The van der Waals surface area contributed by atoms with Crippen LogP contribution in [0, 0.1) is 0 Å². The van der Waals surface area contributed by atoms with Gasteiger partial charge in [0.1, 0.15) is 0 Å². The van der Waals surface area contributed by atoms with Crippen molar-refractivity contribution in [2.75, 3.05) is 18.5 Å². The lowest BCUT2D eigenvalue weighted by molar-refractivity contribution is -0.123. The quantitative estimate of drug-likeness (QED) is 0.799. The predicted octanol–water partition coefficient (Wildman–Crippen LogP) is 3.37. The third kappa shape index (κ3) is 4.15. The number of hydrogen-bond donors (Lipinski definition) is 2. The summed E-state index contributed by atoms with van der Waals surface area (Å²) in [5.41, 5.74) is 1.30. The summed E-state index contributed by atoms with van der Waals surface area (Å²) in [5, 5.41) is 6.91. The van der Waals surface area contributed by atoms with Crippen molar-refractivity contribution in [1.82, 2.24) is 10.3 Å². The Morgan fingerprint density at radius 2 is 2.07 bits per heavy atom. The van der Waals surface area contributed by atoms with E-state index in [1.165, 1.54) is 11.3 Å². The van der Waals surface area contributed by atoms with E-state index in [4.69, 9.17) is 16.3 Å². The lowest BCUT2D eigenvalue weighted by atomic mass is 10.1. The molecule has 2 N–H and O–H groups in total. The number of carbonyl (C=O) groups is 2. The van der Waals surface area contributed by atoms with Gasteiger partial charge in [0.2, 0.25) is 5.91 Å². The van der Waals surface area contributed by atoms with Gasteiger partial charge in [-0.05, 0) is 49.9 Å². The maximum absolute atomic E-state index is 12.5. The standard InChI is InChI=1S/C19H20ClN3O3S/c20-12-5-3-11(4-6-12)17(24)23-19-22-16-14(7-8-15(16)27-19)18(25)21-10-13-2-1-9-26-13/h3-6,13-14H,1-2,7-10H2,(H,21,25)(H,22,23,24). The van der Waals surface area contributed by atoms with Crippen molar-refractivity contribution in [2.24, 2.45) is 0 Å². The molecule has 2 amide bonds. The molecule has 2 aliphatic rings. The number of aromatic nitrogens is 1. The second-order valence-corrected chi connectivity index (χ2v) is 8.28. The molecule has 0 saturated carbocycles. The summed E-state index contributed by atoms with van der Waals surface area (Å²) in [4.78, 5) is 30.5. The van der Waals surface area contributed by atoms with E-state index in [9.17, 15) is 9.59 Å². The Balaban J connectivity index is 1.39. The van der Waals surface area contributed by atoms with Gasteiger partial charge >= 0.3 is 0 Å². The van der Waals surface area contributed by atoms with Crippen LogP contribution in [0.3, 0.4) is 0 Å². The SMILES string of the molecule is O=C(Nc1nc2c(s1)CCC2C(=O)NCC1CCCO1)c1ccc(Cl)cc1. The highest BCUT2D eigenvalue weighted by Crippen LogP contribution is 2.38. The molecule has 2 atom stereocenters. The van der Waals surface area contributed by atoms with E-state index in [1.54, 1.807) is 24.3 Å². The van der Waals surface area contributed by atoms with Crippen LogP contribution in [0.4, 0.5) is 5.13 Å². The number of carbonyl (C=O) groups excluding carboxylic acids is 2. The number of benzene rings is 1. The summed E-state index contributed by atoms with van der Waals surface area (Å²) in [6, 6.07) is 6.68. The van der Waals surface area contributed by atoms with Gasteiger partial charge in [-0.3, -0.25) is 14.9 Å². The summed E-state index contributed by atoms with van der Waals surface area (Å²) < 4.78 is 5.55. The van der Waals surface area contributed by atoms with Gasteiger partial charge < -0.3 is 10.1 Å². The number of aryl methyl sites for hydroxylation is 1. The van der Waals surface area contributed by atoms with E-state index in [1.807, 2.05) is 0 Å². The number of fused-ring (bicyclic) bond motifs is 1. The first-order valence-electron chi connectivity index (χ1n) is 9.06. The van der Waals surface area contributed by atoms with Gasteiger partial charge in [0.25, 0.3) is 5.91 Å². The van der Waals surface area contributed by atoms with Crippen LogP contribution in [0.5, 0.6) is 0 Å². The maximum Gasteiger partial charge on any atom is 0.257 e. The number of nitrogens with zero attached hydrogens (tertiary/aromatic N) is 1. The Labute approximate surface area is 166 Å². The highest BCUT2D eigenvalue weighted by Gasteiger charge is 2.33. The number of ether oxygens (including phenoxy) is 1. The van der Waals surface area contributed by atoms with Gasteiger partial charge in [0, 0.05) is 28.6 Å². The van der Waals surface area contributed by atoms with Gasteiger partial charge in [0.05, 0.1) is 17.7 Å². The van der Waals surface area contributed by atoms with E-state index in [0.29, 0.717) is 22.3 Å². The van der Waals surface area contributed by atoms with Crippen LogP contribution >= 0.6 is 22.9 Å². The first-order valence-corrected chi connectivity index (χ1v) is 10.3. The van der Waals surface area contributed by atoms with E-state index in [-0.39, 0.29) is 23.8 Å². The first-order chi connectivity index (χ1) is 13.1. The van der Waals surface area contributed by atoms with Crippen molar-refractivity contribution < 1.29 is 14.3 Å². The molecule has 0 radical (unpaired) electrons. The molecule has 1 saturated heterocycles. The summed E-state index contributed by atoms with van der Waals surface area (Å²) in [7, 11) is 0. The second-order valence-electron chi connectivity index (χ2n) is 6.76. The molecule has 6 nitrogen and oxygen atoms in total. The molecule has 142 valence electrons. The number of rotatable bonds is 5. The molecule has 2 unspecified atom stereocenters. The minimum atomic E-state index is -0.251. The molecular formula is C19H20ClN3O3S. The molecule has 8 heteroatoms. The molecule has 1 aliphatic carbocycles. The van der Waals surface area contributed by atoms with Crippen molar-refractivity contribution in [3.63, 3.8) is 0 Å². The van der Waals surface area contributed by atoms with E-state index >= 15 is 0 Å². The molecule has 0 bridgehead atoms. The third-order valence-corrected chi connectivity index (χ3v) is 6.19. The molecule has 2 heterocycles. The average molecular weight is 406 g/mol. The maximum atomic E-state index is 12.5. The monoisotopic (exact) mass is 405 g/mol. The van der Waals surface area contributed by atoms with Crippen LogP contribution < -0.4 is 10.6 Å². The van der Waals surface area contributed by atoms with Crippen molar-refractivity contribution in [3.05, 3.63) is 45.4 Å². The minimum absolute atomic E-state index is 0.00914. The lowest BCUT2D eigenvalue weighted by Crippen LogP contribution is -2.34. The van der Waals surface area contributed by atoms with E-state index in [2.05, 4.69) is 15.6 Å². The molecule has 0 spiro atoms. The molecular weight excluding hydrogens is 386 g/mol. The van der Waals surface area contributed by atoms with E-state index in [0.717, 1.165) is 42.9 Å². The zero-order valence-corrected chi connectivity index (χ0v) is 16.2. The van der Waals surface area contributed by atoms with Crippen molar-refractivity contribution in [2.45, 2.75) is 37.7 Å². The number of halogens is 1. The lowest BCUT2D eigenvalue weighted by Gasteiger charge is -2.14. The van der Waals surface area contributed by atoms with Gasteiger partial charge in [-0.25, -0.2) is 4.98 Å². The summed E-state index contributed by atoms with van der Waals surface area (Å²) >= 11 is 7.29. The topological polar surface area (TPSA) is 80.3 Å². The van der Waals surface area contributed by atoms with Gasteiger partial charge in [0.15, 0.2) is 5.13 Å².